The SMILES string of the molecule is Clc1ccc(-c2nnc(C[NH+]3CCc4sccc4[C@H]3c3cccs3)o2)cc1. The van der Waals surface area contributed by atoms with E-state index in [0.717, 1.165) is 25.1 Å². The summed E-state index contributed by atoms with van der Waals surface area (Å²) in [4.78, 5) is 4.35. The zero-order chi connectivity index (χ0) is 18.2. The minimum absolute atomic E-state index is 0.339. The highest BCUT2D eigenvalue weighted by atomic mass is 35.5. The smallest absolute Gasteiger partial charge is 0.271 e. The zero-order valence-corrected chi connectivity index (χ0v) is 16.8. The summed E-state index contributed by atoms with van der Waals surface area (Å²) < 4.78 is 5.97. The molecule has 1 N–H and O–H groups in total. The number of thiophene rings is 2. The van der Waals surface area contributed by atoms with Gasteiger partial charge < -0.3 is 9.32 Å². The molecule has 0 saturated heterocycles. The molecular weight excluding hydrogens is 398 g/mol. The molecule has 0 spiro atoms. The van der Waals surface area contributed by atoms with Crippen molar-refractivity contribution in [2.45, 2.75) is 19.0 Å². The third-order valence-electron chi connectivity index (χ3n) is 4.94. The number of hydrogen-bond donors (Lipinski definition) is 1. The molecular formula is C20H17ClN3OS2+. The van der Waals surface area contributed by atoms with Gasteiger partial charge in [0.25, 0.3) is 5.89 Å². The maximum absolute atomic E-state index is 5.97. The molecule has 0 aliphatic carbocycles. The summed E-state index contributed by atoms with van der Waals surface area (Å²) in [5.41, 5.74) is 2.34. The zero-order valence-electron chi connectivity index (χ0n) is 14.4. The summed E-state index contributed by atoms with van der Waals surface area (Å²) in [7, 11) is 0. The first-order valence-electron chi connectivity index (χ1n) is 8.80. The van der Waals surface area contributed by atoms with E-state index in [1.54, 1.807) is 0 Å². The van der Waals surface area contributed by atoms with Gasteiger partial charge in [-0.1, -0.05) is 17.7 Å². The van der Waals surface area contributed by atoms with Crippen molar-refractivity contribution in [3.63, 3.8) is 0 Å². The van der Waals surface area contributed by atoms with Crippen LogP contribution in [0.3, 0.4) is 0 Å². The Morgan fingerprint density at radius 2 is 1.96 bits per heavy atom. The van der Waals surface area contributed by atoms with Crippen molar-refractivity contribution in [3.8, 4) is 11.5 Å². The van der Waals surface area contributed by atoms with E-state index in [9.17, 15) is 0 Å². The summed E-state index contributed by atoms with van der Waals surface area (Å²) >= 11 is 9.65. The van der Waals surface area contributed by atoms with E-state index < -0.39 is 0 Å². The number of nitrogens with zero attached hydrogens (tertiary/aromatic N) is 2. The van der Waals surface area contributed by atoms with Crippen LogP contribution in [0.25, 0.3) is 11.5 Å². The van der Waals surface area contributed by atoms with Gasteiger partial charge in [-0.3, -0.25) is 0 Å². The quantitative estimate of drug-likeness (QED) is 0.543. The lowest BCUT2D eigenvalue weighted by Crippen LogP contribution is -3.12. The normalized spacial score (nSPS) is 19.1. The molecule has 136 valence electrons. The van der Waals surface area contributed by atoms with Crippen molar-refractivity contribution in [2.75, 3.05) is 6.54 Å². The monoisotopic (exact) mass is 414 g/mol. The second kappa shape index (κ2) is 7.20. The van der Waals surface area contributed by atoms with E-state index >= 15 is 0 Å². The Labute approximate surface area is 170 Å². The molecule has 27 heavy (non-hydrogen) atoms. The molecule has 4 nitrogen and oxygen atoms in total. The van der Waals surface area contributed by atoms with Crippen molar-refractivity contribution in [2.24, 2.45) is 0 Å². The predicted octanol–water partition coefficient (Wildman–Crippen LogP) is 4.24. The Morgan fingerprint density at radius 3 is 2.78 bits per heavy atom. The van der Waals surface area contributed by atoms with Crippen LogP contribution in [-0.2, 0) is 13.0 Å². The minimum atomic E-state index is 0.339. The van der Waals surface area contributed by atoms with Crippen LogP contribution in [-0.4, -0.2) is 16.7 Å². The van der Waals surface area contributed by atoms with Crippen LogP contribution >= 0.6 is 34.3 Å². The second-order valence-electron chi connectivity index (χ2n) is 6.59. The van der Waals surface area contributed by atoms with E-state index in [-0.39, 0.29) is 0 Å². The fourth-order valence-electron chi connectivity index (χ4n) is 3.68. The number of hydrogen-bond acceptors (Lipinski definition) is 5. The van der Waals surface area contributed by atoms with Crippen LogP contribution in [0, 0.1) is 0 Å². The van der Waals surface area contributed by atoms with E-state index in [0.29, 0.717) is 22.8 Å². The first-order chi connectivity index (χ1) is 13.3. The third kappa shape index (κ3) is 3.34. The van der Waals surface area contributed by atoms with Crippen LogP contribution in [0.5, 0.6) is 0 Å². The maximum atomic E-state index is 5.97. The van der Waals surface area contributed by atoms with Crippen molar-refractivity contribution in [3.05, 3.63) is 79.5 Å². The number of halogens is 1. The fraction of sp³-hybridized carbons (Fsp3) is 0.200. The largest absolute Gasteiger partial charge is 0.415 e. The van der Waals surface area contributed by atoms with Gasteiger partial charge in [-0.2, -0.15) is 0 Å². The molecule has 0 fully saturated rings. The van der Waals surface area contributed by atoms with Crippen LogP contribution < -0.4 is 4.90 Å². The predicted molar refractivity (Wildman–Crippen MR) is 108 cm³/mol. The molecule has 0 amide bonds. The summed E-state index contributed by atoms with van der Waals surface area (Å²) in [6, 6.07) is 14.4. The third-order valence-corrected chi connectivity index (χ3v) is 7.12. The van der Waals surface area contributed by atoms with Crippen LogP contribution in [0.15, 0.2) is 57.6 Å². The molecule has 1 aliphatic rings. The molecule has 3 aromatic heterocycles. The van der Waals surface area contributed by atoms with Gasteiger partial charge in [0.1, 0.15) is 6.04 Å². The number of nitrogens with one attached hydrogen (secondary N) is 1. The topological polar surface area (TPSA) is 43.4 Å². The molecule has 4 aromatic rings. The first kappa shape index (κ1) is 17.1. The van der Waals surface area contributed by atoms with E-state index in [1.165, 1.54) is 20.2 Å². The molecule has 1 aromatic carbocycles. The Balaban J connectivity index is 1.42. The molecule has 4 heterocycles. The molecule has 5 rings (SSSR count). The van der Waals surface area contributed by atoms with E-state index in [2.05, 4.69) is 39.2 Å². The van der Waals surface area contributed by atoms with Crippen LogP contribution in [0.1, 0.15) is 27.3 Å². The van der Waals surface area contributed by atoms with Gasteiger partial charge in [-0.05, 0) is 47.2 Å². The number of aromatic nitrogens is 2. The van der Waals surface area contributed by atoms with Crippen molar-refractivity contribution >= 4 is 34.3 Å². The number of quaternary nitrogens is 1. The lowest BCUT2D eigenvalue weighted by atomic mass is 9.98. The maximum Gasteiger partial charge on any atom is 0.271 e. The van der Waals surface area contributed by atoms with E-state index in [4.69, 9.17) is 16.0 Å². The second-order valence-corrected chi connectivity index (χ2v) is 9.01. The molecule has 7 heteroatoms. The molecule has 1 unspecified atom stereocenters. The first-order valence-corrected chi connectivity index (χ1v) is 10.9. The number of rotatable bonds is 4. The highest BCUT2D eigenvalue weighted by molar-refractivity contribution is 7.10. The molecule has 1 aliphatic heterocycles. The van der Waals surface area contributed by atoms with Crippen LogP contribution in [0.4, 0.5) is 0 Å². The Hall–Kier alpha value is -1.99. The van der Waals surface area contributed by atoms with Crippen molar-refractivity contribution in [1.29, 1.82) is 0 Å². The van der Waals surface area contributed by atoms with Gasteiger partial charge in [-0.25, -0.2) is 0 Å². The number of benzene rings is 1. The summed E-state index contributed by atoms with van der Waals surface area (Å²) in [5, 5.41) is 13.6. The standard InChI is InChI=1S/C20H16ClN3OS2/c21-14-5-3-13(4-6-14)20-23-22-18(25-20)12-24-9-7-16-15(8-11-27-16)19(24)17-2-1-10-26-17/h1-6,8,10-11,19H,7,9,12H2/p+1/t19-/m0/s1. The van der Waals surface area contributed by atoms with E-state index in [1.807, 2.05) is 46.9 Å². The Morgan fingerprint density at radius 1 is 1.07 bits per heavy atom. The van der Waals surface area contributed by atoms with Gasteiger partial charge in [0, 0.05) is 27.4 Å². The highest BCUT2D eigenvalue weighted by Crippen LogP contribution is 2.32. The molecule has 0 bridgehead atoms. The van der Waals surface area contributed by atoms with Gasteiger partial charge in [0.2, 0.25) is 5.89 Å². The lowest BCUT2D eigenvalue weighted by molar-refractivity contribution is -0.942. The summed E-state index contributed by atoms with van der Waals surface area (Å²) in [6.45, 7) is 1.78. The fourth-order valence-corrected chi connectivity index (χ4v) is 5.63. The average Bonchev–Trinajstić information content (AvgIpc) is 3.44. The Bertz CT molecular complexity index is 1040. The van der Waals surface area contributed by atoms with Gasteiger partial charge in [0.05, 0.1) is 11.4 Å². The highest BCUT2D eigenvalue weighted by Gasteiger charge is 2.35. The Kier molecular flexibility index (Phi) is 4.57. The minimum Gasteiger partial charge on any atom is -0.415 e. The average molecular weight is 415 g/mol. The van der Waals surface area contributed by atoms with Crippen LogP contribution in [0.2, 0.25) is 5.02 Å². The van der Waals surface area contributed by atoms with Gasteiger partial charge >= 0.3 is 0 Å². The lowest BCUT2D eigenvalue weighted by Gasteiger charge is -2.31. The summed E-state index contributed by atoms with van der Waals surface area (Å²) in [5.74, 6) is 1.22. The van der Waals surface area contributed by atoms with Gasteiger partial charge in [-0.15, -0.1) is 32.9 Å². The molecule has 0 saturated carbocycles. The number of fused-ring (bicyclic) bond motifs is 1. The molecule has 0 radical (unpaired) electrons. The van der Waals surface area contributed by atoms with Gasteiger partial charge in [0.15, 0.2) is 6.54 Å². The molecule has 2 atom stereocenters. The van der Waals surface area contributed by atoms with Crippen molar-refractivity contribution in [1.82, 2.24) is 10.2 Å². The van der Waals surface area contributed by atoms with Crippen molar-refractivity contribution < 1.29 is 9.32 Å². The summed E-state index contributed by atoms with van der Waals surface area (Å²) in [6.07, 6.45) is 1.10.